The Hall–Kier alpha value is -1.82. The SMILES string of the molecule is CCC1(O)CN(C(=O)CCNC(=O)c2ccco2)C1. The molecule has 104 valence electrons. The molecule has 1 aliphatic rings. The van der Waals surface area contributed by atoms with Gasteiger partial charge in [-0.15, -0.1) is 0 Å². The smallest absolute Gasteiger partial charge is 0.286 e. The average molecular weight is 266 g/mol. The lowest BCUT2D eigenvalue weighted by Gasteiger charge is -2.46. The van der Waals surface area contributed by atoms with Gasteiger partial charge in [-0.3, -0.25) is 9.59 Å². The third kappa shape index (κ3) is 3.14. The topological polar surface area (TPSA) is 82.8 Å². The van der Waals surface area contributed by atoms with Crippen LogP contribution in [0.4, 0.5) is 0 Å². The summed E-state index contributed by atoms with van der Waals surface area (Å²) in [6, 6.07) is 3.19. The van der Waals surface area contributed by atoms with E-state index in [1.54, 1.807) is 17.0 Å². The van der Waals surface area contributed by atoms with Gasteiger partial charge in [0.05, 0.1) is 25.0 Å². The zero-order chi connectivity index (χ0) is 13.9. The predicted molar refractivity (Wildman–Crippen MR) is 67.5 cm³/mol. The van der Waals surface area contributed by atoms with Crippen LogP contribution in [-0.4, -0.2) is 47.1 Å². The van der Waals surface area contributed by atoms with Crippen LogP contribution < -0.4 is 5.32 Å². The molecule has 1 aromatic rings. The molecule has 1 aliphatic heterocycles. The number of amides is 2. The zero-order valence-electron chi connectivity index (χ0n) is 10.9. The van der Waals surface area contributed by atoms with Crippen LogP contribution in [0.1, 0.15) is 30.3 Å². The molecule has 0 spiro atoms. The summed E-state index contributed by atoms with van der Waals surface area (Å²) in [4.78, 5) is 24.9. The van der Waals surface area contributed by atoms with Crippen LogP contribution in [0, 0.1) is 0 Å². The molecule has 1 fully saturated rings. The van der Waals surface area contributed by atoms with Gasteiger partial charge in [0, 0.05) is 13.0 Å². The van der Waals surface area contributed by atoms with Crippen LogP contribution in [0.2, 0.25) is 0 Å². The summed E-state index contributed by atoms with van der Waals surface area (Å²) in [6.07, 6.45) is 2.30. The summed E-state index contributed by atoms with van der Waals surface area (Å²) in [5.41, 5.74) is -0.715. The average Bonchev–Trinajstić information content (AvgIpc) is 2.88. The van der Waals surface area contributed by atoms with Crippen molar-refractivity contribution in [1.82, 2.24) is 10.2 Å². The van der Waals surface area contributed by atoms with E-state index < -0.39 is 5.60 Å². The lowest BCUT2D eigenvalue weighted by Crippen LogP contribution is -2.63. The Morgan fingerprint density at radius 1 is 1.53 bits per heavy atom. The third-order valence-corrected chi connectivity index (χ3v) is 3.35. The van der Waals surface area contributed by atoms with Gasteiger partial charge in [-0.25, -0.2) is 0 Å². The molecule has 0 saturated carbocycles. The van der Waals surface area contributed by atoms with Crippen LogP contribution in [-0.2, 0) is 4.79 Å². The van der Waals surface area contributed by atoms with E-state index in [1.165, 1.54) is 6.26 Å². The molecule has 6 nitrogen and oxygen atoms in total. The van der Waals surface area contributed by atoms with Gasteiger partial charge in [0.1, 0.15) is 0 Å². The number of likely N-dealkylation sites (tertiary alicyclic amines) is 1. The second kappa shape index (κ2) is 5.44. The fraction of sp³-hybridized carbons (Fsp3) is 0.538. The van der Waals surface area contributed by atoms with Gasteiger partial charge in [0.2, 0.25) is 5.91 Å². The maximum absolute atomic E-state index is 11.7. The molecule has 0 atom stereocenters. The highest BCUT2D eigenvalue weighted by Crippen LogP contribution is 2.24. The number of carbonyl (C=O) groups excluding carboxylic acids is 2. The van der Waals surface area contributed by atoms with Crippen molar-refractivity contribution < 1.29 is 19.1 Å². The summed E-state index contributed by atoms with van der Waals surface area (Å²) in [7, 11) is 0. The predicted octanol–water partition coefficient (Wildman–Crippen LogP) is 0.383. The Bertz CT molecular complexity index is 449. The largest absolute Gasteiger partial charge is 0.459 e. The Morgan fingerprint density at radius 2 is 2.26 bits per heavy atom. The highest BCUT2D eigenvalue weighted by atomic mass is 16.3. The number of aliphatic hydroxyl groups is 1. The standard InChI is InChI=1S/C13H18N2O4/c1-2-13(18)8-15(9-13)11(16)5-6-14-12(17)10-4-3-7-19-10/h3-4,7,18H,2,5-6,8-9H2,1H3,(H,14,17). The molecule has 2 rings (SSSR count). The van der Waals surface area contributed by atoms with E-state index in [1.807, 2.05) is 6.92 Å². The molecule has 2 N–H and O–H groups in total. The molecule has 0 bridgehead atoms. The molecule has 0 unspecified atom stereocenters. The second-order valence-electron chi connectivity index (χ2n) is 4.81. The van der Waals surface area contributed by atoms with E-state index in [0.29, 0.717) is 19.5 Å². The molecule has 0 radical (unpaired) electrons. The Labute approximate surface area is 111 Å². The van der Waals surface area contributed by atoms with Crippen LogP contribution in [0.3, 0.4) is 0 Å². The van der Waals surface area contributed by atoms with Crippen molar-refractivity contribution in [3.63, 3.8) is 0 Å². The number of hydrogen-bond acceptors (Lipinski definition) is 4. The van der Waals surface area contributed by atoms with Crippen LogP contribution in [0.5, 0.6) is 0 Å². The summed E-state index contributed by atoms with van der Waals surface area (Å²) < 4.78 is 4.93. The zero-order valence-corrected chi connectivity index (χ0v) is 10.9. The van der Waals surface area contributed by atoms with Crippen molar-refractivity contribution in [2.24, 2.45) is 0 Å². The number of carbonyl (C=O) groups is 2. The number of rotatable bonds is 5. The molecule has 2 amide bonds. The third-order valence-electron chi connectivity index (χ3n) is 3.35. The van der Waals surface area contributed by atoms with E-state index in [4.69, 9.17) is 4.42 Å². The van der Waals surface area contributed by atoms with E-state index in [9.17, 15) is 14.7 Å². The Kier molecular flexibility index (Phi) is 3.90. The van der Waals surface area contributed by atoms with Crippen molar-refractivity contribution in [2.75, 3.05) is 19.6 Å². The van der Waals surface area contributed by atoms with Crippen molar-refractivity contribution in [1.29, 1.82) is 0 Å². The minimum atomic E-state index is -0.715. The van der Waals surface area contributed by atoms with Gasteiger partial charge in [-0.05, 0) is 18.6 Å². The maximum atomic E-state index is 11.7. The van der Waals surface area contributed by atoms with Gasteiger partial charge in [0.25, 0.3) is 5.91 Å². The molecule has 19 heavy (non-hydrogen) atoms. The van der Waals surface area contributed by atoms with Crippen molar-refractivity contribution in [3.05, 3.63) is 24.2 Å². The molecule has 0 aliphatic carbocycles. The number of nitrogens with one attached hydrogen (secondary N) is 1. The highest BCUT2D eigenvalue weighted by Gasteiger charge is 2.41. The van der Waals surface area contributed by atoms with Gasteiger partial charge in [-0.2, -0.15) is 0 Å². The molecule has 2 heterocycles. The first kappa shape index (κ1) is 13.6. The van der Waals surface area contributed by atoms with Crippen molar-refractivity contribution in [3.8, 4) is 0 Å². The van der Waals surface area contributed by atoms with Gasteiger partial charge in [0.15, 0.2) is 5.76 Å². The highest BCUT2D eigenvalue weighted by molar-refractivity contribution is 5.91. The van der Waals surface area contributed by atoms with Crippen LogP contribution in [0.15, 0.2) is 22.8 Å². The summed E-state index contributed by atoms with van der Waals surface area (Å²) in [5, 5.41) is 12.4. The van der Waals surface area contributed by atoms with E-state index in [2.05, 4.69) is 5.32 Å². The lowest BCUT2D eigenvalue weighted by molar-refractivity contribution is -0.155. The Balaban J connectivity index is 1.67. The lowest BCUT2D eigenvalue weighted by atomic mass is 9.91. The number of furan rings is 1. The molecular weight excluding hydrogens is 248 g/mol. The van der Waals surface area contributed by atoms with Crippen molar-refractivity contribution >= 4 is 11.8 Å². The van der Waals surface area contributed by atoms with Crippen LogP contribution in [0.25, 0.3) is 0 Å². The summed E-state index contributed by atoms with van der Waals surface area (Å²) in [5.74, 6) is -0.152. The number of hydrogen-bond donors (Lipinski definition) is 2. The van der Waals surface area contributed by atoms with Crippen LogP contribution >= 0.6 is 0 Å². The fourth-order valence-electron chi connectivity index (χ4n) is 2.00. The van der Waals surface area contributed by atoms with E-state index in [-0.39, 0.29) is 30.5 Å². The quantitative estimate of drug-likeness (QED) is 0.807. The molecule has 1 saturated heterocycles. The summed E-state index contributed by atoms with van der Waals surface area (Å²) >= 11 is 0. The maximum Gasteiger partial charge on any atom is 0.286 e. The monoisotopic (exact) mass is 266 g/mol. The first-order chi connectivity index (χ1) is 9.04. The molecule has 0 aromatic carbocycles. The Morgan fingerprint density at radius 3 is 2.84 bits per heavy atom. The number of nitrogens with zero attached hydrogens (tertiary/aromatic N) is 1. The van der Waals surface area contributed by atoms with Gasteiger partial charge < -0.3 is 19.7 Å². The minimum absolute atomic E-state index is 0.0575. The van der Waals surface area contributed by atoms with Gasteiger partial charge >= 0.3 is 0 Å². The molecule has 1 aromatic heterocycles. The minimum Gasteiger partial charge on any atom is -0.459 e. The first-order valence-corrected chi connectivity index (χ1v) is 6.36. The van der Waals surface area contributed by atoms with E-state index in [0.717, 1.165) is 0 Å². The first-order valence-electron chi connectivity index (χ1n) is 6.36. The van der Waals surface area contributed by atoms with E-state index >= 15 is 0 Å². The second-order valence-corrected chi connectivity index (χ2v) is 4.81. The normalized spacial score (nSPS) is 16.8. The fourth-order valence-corrected chi connectivity index (χ4v) is 2.00. The molecule has 6 heteroatoms. The van der Waals surface area contributed by atoms with Crippen molar-refractivity contribution in [2.45, 2.75) is 25.4 Å². The molecular formula is C13H18N2O4. The summed E-state index contributed by atoms with van der Waals surface area (Å²) in [6.45, 7) is 2.92. The number of β-amino-alcohol motifs (C(OH)–C–C–N with tert-alkyl or cyclic N) is 1. The van der Waals surface area contributed by atoms with Gasteiger partial charge in [-0.1, -0.05) is 6.92 Å².